The molecule has 160 valence electrons. The van der Waals surface area contributed by atoms with Crippen LogP contribution >= 0.6 is 0 Å². The van der Waals surface area contributed by atoms with E-state index in [4.69, 9.17) is 0 Å². The van der Waals surface area contributed by atoms with Crippen LogP contribution in [-0.4, -0.2) is 77.8 Å². The van der Waals surface area contributed by atoms with E-state index in [9.17, 15) is 9.59 Å². The smallest absolute Gasteiger partial charge is 0.243 e. The van der Waals surface area contributed by atoms with Gasteiger partial charge in [0, 0.05) is 51.7 Å². The second-order valence-corrected chi connectivity index (χ2v) is 7.94. The van der Waals surface area contributed by atoms with Crippen molar-refractivity contribution < 1.29 is 9.59 Å². The van der Waals surface area contributed by atoms with Gasteiger partial charge in [0.15, 0.2) is 0 Å². The molecule has 1 aliphatic rings. The number of para-hydroxylation sites is 1. The van der Waals surface area contributed by atoms with Crippen LogP contribution in [0.5, 0.6) is 0 Å². The molecule has 0 aliphatic carbocycles. The minimum Gasteiger partial charge on any atom is -0.335 e. The number of rotatable bonds is 7. The van der Waals surface area contributed by atoms with Crippen LogP contribution in [0.3, 0.4) is 0 Å². The highest BCUT2D eigenvalue weighted by molar-refractivity contribution is 5.95. The molecule has 0 saturated carbocycles. The van der Waals surface area contributed by atoms with E-state index < -0.39 is 0 Å². The van der Waals surface area contributed by atoms with Crippen molar-refractivity contribution in [1.29, 1.82) is 0 Å². The number of pyridine rings is 1. The first kappa shape index (κ1) is 21.9. The zero-order valence-electron chi connectivity index (χ0n) is 18.1. The third kappa shape index (κ3) is 6.11. The van der Waals surface area contributed by atoms with Crippen LogP contribution in [0.2, 0.25) is 0 Å². The molecule has 2 aromatic rings. The van der Waals surface area contributed by atoms with Gasteiger partial charge in [-0.1, -0.05) is 24.3 Å². The molecule has 1 N–H and O–H groups in total. The number of piperazine rings is 1. The Morgan fingerprint density at radius 3 is 2.30 bits per heavy atom. The summed E-state index contributed by atoms with van der Waals surface area (Å²) in [5.41, 5.74) is 3.92. The largest absolute Gasteiger partial charge is 0.335 e. The highest BCUT2D eigenvalue weighted by Gasteiger charge is 2.22. The van der Waals surface area contributed by atoms with Crippen molar-refractivity contribution in [3.63, 3.8) is 0 Å². The van der Waals surface area contributed by atoms with E-state index in [-0.39, 0.29) is 18.4 Å². The van der Waals surface area contributed by atoms with Gasteiger partial charge >= 0.3 is 0 Å². The summed E-state index contributed by atoms with van der Waals surface area (Å²) in [6.45, 7) is 8.62. The van der Waals surface area contributed by atoms with E-state index in [1.54, 1.807) is 7.05 Å². The van der Waals surface area contributed by atoms with Crippen molar-refractivity contribution in [2.45, 2.75) is 20.4 Å². The molecule has 0 atom stereocenters. The fourth-order valence-corrected chi connectivity index (χ4v) is 3.63. The van der Waals surface area contributed by atoms with Gasteiger partial charge < -0.3 is 10.2 Å². The standard InChI is InChI=1S/C23H31N5O2/c1-18-7-6-8-19(2)23(18)25-21(29)16-26(3)22(30)17-28-13-11-27(12-14-28)15-20-9-4-5-10-24-20/h4-10H,11-17H2,1-3H3,(H,25,29). The highest BCUT2D eigenvalue weighted by Crippen LogP contribution is 2.19. The average Bonchev–Trinajstić information content (AvgIpc) is 2.73. The maximum Gasteiger partial charge on any atom is 0.243 e. The van der Waals surface area contributed by atoms with E-state index in [0.717, 1.165) is 55.2 Å². The van der Waals surface area contributed by atoms with Crippen LogP contribution < -0.4 is 5.32 Å². The number of nitrogens with zero attached hydrogens (tertiary/aromatic N) is 4. The molecule has 30 heavy (non-hydrogen) atoms. The Morgan fingerprint density at radius 1 is 1.00 bits per heavy atom. The van der Waals surface area contributed by atoms with Gasteiger partial charge in [-0.05, 0) is 37.1 Å². The fourth-order valence-electron chi connectivity index (χ4n) is 3.63. The summed E-state index contributed by atoms with van der Waals surface area (Å²) in [7, 11) is 1.68. The molecular formula is C23H31N5O2. The normalized spacial score (nSPS) is 15.0. The number of hydrogen-bond donors (Lipinski definition) is 1. The maximum atomic E-state index is 12.6. The second-order valence-electron chi connectivity index (χ2n) is 7.94. The van der Waals surface area contributed by atoms with E-state index >= 15 is 0 Å². The molecule has 1 fully saturated rings. The van der Waals surface area contributed by atoms with Crippen LogP contribution in [0.25, 0.3) is 0 Å². The lowest BCUT2D eigenvalue weighted by Crippen LogP contribution is -2.50. The molecule has 0 bridgehead atoms. The maximum absolute atomic E-state index is 12.6. The minimum absolute atomic E-state index is 0.0372. The van der Waals surface area contributed by atoms with Gasteiger partial charge in [0.05, 0.1) is 18.8 Å². The summed E-state index contributed by atoms with van der Waals surface area (Å²) in [6, 6.07) is 11.9. The molecule has 3 rings (SSSR count). The number of aryl methyl sites for hydroxylation is 2. The lowest BCUT2D eigenvalue weighted by atomic mass is 10.1. The van der Waals surface area contributed by atoms with Crippen molar-refractivity contribution in [1.82, 2.24) is 19.7 Å². The van der Waals surface area contributed by atoms with E-state index in [1.807, 2.05) is 56.4 Å². The minimum atomic E-state index is -0.177. The highest BCUT2D eigenvalue weighted by atomic mass is 16.2. The van der Waals surface area contributed by atoms with E-state index in [2.05, 4.69) is 20.1 Å². The molecule has 1 saturated heterocycles. The number of hydrogen-bond acceptors (Lipinski definition) is 5. The molecule has 1 aromatic heterocycles. The molecular weight excluding hydrogens is 378 g/mol. The second kappa shape index (κ2) is 10.3. The van der Waals surface area contributed by atoms with Crippen LogP contribution in [0.4, 0.5) is 5.69 Å². The molecule has 0 spiro atoms. The summed E-state index contributed by atoms with van der Waals surface area (Å²) in [5, 5.41) is 2.94. The molecule has 0 radical (unpaired) electrons. The van der Waals surface area contributed by atoms with Gasteiger partial charge in [-0.2, -0.15) is 0 Å². The van der Waals surface area contributed by atoms with Crippen molar-refractivity contribution >= 4 is 17.5 Å². The zero-order chi connectivity index (χ0) is 21.5. The molecule has 0 unspecified atom stereocenters. The zero-order valence-corrected chi connectivity index (χ0v) is 18.1. The van der Waals surface area contributed by atoms with E-state index in [0.29, 0.717) is 6.54 Å². The van der Waals surface area contributed by atoms with Gasteiger partial charge in [0.25, 0.3) is 0 Å². The number of amides is 2. The number of nitrogens with one attached hydrogen (secondary N) is 1. The average molecular weight is 410 g/mol. The molecule has 2 heterocycles. The fraction of sp³-hybridized carbons (Fsp3) is 0.435. The topological polar surface area (TPSA) is 68.8 Å². The van der Waals surface area contributed by atoms with Gasteiger partial charge in [-0.25, -0.2) is 0 Å². The number of anilines is 1. The summed E-state index contributed by atoms with van der Waals surface area (Å²) in [6.07, 6.45) is 1.82. The molecule has 1 aliphatic heterocycles. The summed E-state index contributed by atoms with van der Waals surface area (Å²) in [4.78, 5) is 35.4. The Balaban J connectivity index is 1.42. The summed E-state index contributed by atoms with van der Waals surface area (Å²) in [5.74, 6) is -0.215. The third-order valence-corrected chi connectivity index (χ3v) is 5.49. The predicted molar refractivity (Wildman–Crippen MR) is 118 cm³/mol. The number of carbonyl (C=O) groups is 2. The Kier molecular flexibility index (Phi) is 7.54. The Hall–Kier alpha value is -2.77. The summed E-state index contributed by atoms with van der Waals surface area (Å²) >= 11 is 0. The Morgan fingerprint density at radius 2 is 1.67 bits per heavy atom. The van der Waals surface area contributed by atoms with E-state index in [1.165, 1.54) is 4.90 Å². The lowest BCUT2D eigenvalue weighted by Gasteiger charge is -2.34. The lowest BCUT2D eigenvalue weighted by molar-refractivity contribution is -0.134. The van der Waals surface area contributed by atoms with Crippen molar-refractivity contribution in [3.05, 3.63) is 59.4 Å². The molecule has 7 nitrogen and oxygen atoms in total. The third-order valence-electron chi connectivity index (χ3n) is 5.49. The van der Waals surface area contributed by atoms with Crippen molar-refractivity contribution in [3.8, 4) is 0 Å². The molecule has 2 amide bonds. The number of carbonyl (C=O) groups excluding carboxylic acids is 2. The first-order chi connectivity index (χ1) is 14.4. The number of aromatic nitrogens is 1. The van der Waals surface area contributed by atoms with Gasteiger partial charge in [-0.15, -0.1) is 0 Å². The Labute approximate surface area is 178 Å². The van der Waals surface area contributed by atoms with Crippen LogP contribution in [0, 0.1) is 13.8 Å². The predicted octanol–water partition coefficient (Wildman–Crippen LogP) is 1.91. The van der Waals surface area contributed by atoms with Gasteiger partial charge in [0.1, 0.15) is 0 Å². The Bertz CT molecular complexity index is 843. The number of likely N-dealkylation sites (N-methyl/N-ethyl adjacent to an activating group) is 1. The van der Waals surface area contributed by atoms with Crippen molar-refractivity contribution in [2.75, 3.05) is 51.6 Å². The quantitative estimate of drug-likeness (QED) is 0.757. The SMILES string of the molecule is Cc1cccc(C)c1NC(=O)CN(C)C(=O)CN1CCN(Cc2ccccn2)CC1. The van der Waals surface area contributed by atoms with Crippen LogP contribution in [0.15, 0.2) is 42.6 Å². The molecule has 1 aromatic carbocycles. The van der Waals surface area contributed by atoms with Crippen molar-refractivity contribution in [2.24, 2.45) is 0 Å². The van der Waals surface area contributed by atoms with Crippen LogP contribution in [-0.2, 0) is 16.1 Å². The summed E-state index contributed by atoms with van der Waals surface area (Å²) < 4.78 is 0. The monoisotopic (exact) mass is 409 g/mol. The first-order valence-corrected chi connectivity index (χ1v) is 10.4. The van der Waals surface area contributed by atoms with Gasteiger partial charge in [0.2, 0.25) is 11.8 Å². The number of benzene rings is 1. The van der Waals surface area contributed by atoms with Crippen LogP contribution in [0.1, 0.15) is 16.8 Å². The first-order valence-electron chi connectivity index (χ1n) is 10.4. The van der Waals surface area contributed by atoms with Gasteiger partial charge in [-0.3, -0.25) is 24.4 Å². The molecule has 7 heteroatoms.